The smallest absolute Gasteiger partial charge is 0.296 e. The largest absolute Gasteiger partial charge is 0.507 e. The lowest BCUT2D eigenvalue weighted by Gasteiger charge is -2.28. The van der Waals surface area contributed by atoms with E-state index in [1.165, 1.54) is 11.2 Å². The Labute approximate surface area is 184 Å². The van der Waals surface area contributed by atoms with Gasteiger partial charge in [0.2, 0.25) is 0 Å². The van der Waals surface area contributed by atoms with Gasteiger partial charge in [-0.05, 0) is 42.5 Å². The molecule has 162 valence electrons. The van der Waals surface area contributed by atoms with E-state index in [2.05, 4.69) is 4.98 Å². The van der Waals surface area contributed by atoms with Gasteiger partial charge in [0.25, 0.3) is 11.7 Å². The molecule has 1 aromatic carbocycles. The maximum atomic E-state index is 13.1. The van der Waals surface area contributed by atoms with Crippen LogP contribution in [0.25, 0.3) is 5.76 Å². The second-order valence-corrected chi connectivity index (χ2v) is 7.71. The van der Waals surface area contributed by atoms with Crippen molar-refractivity contribution in [3.8, 4) is 5.75 Å². The molecule has 0 radical (unpaired) electrons. The number of aromatic nitrogens is 1. The molecule has 5 rings (SSSR count). The fraction of sp³-hybridized carbons (Fsp3) is 0.208. The summed E-state index contributed by atoms with van der Waals surface area (Å²) in [4.78, 5) is 33.8. The van der Waals surface area contributed by atoms with Crippen LogP contribution in [0.15, 0.2) is 71.0 Å². The van der Waals surface area contributed by atoms with Gasteiger partial charge in [-0.25, -0.2) is 0 Å². The normalized spacial score (nSPS) is 19.7. The van der Waals surface area contributed by atoms with E-state index in [-0.39, 0.29) is 17.9 Å². The zero-order chi connectivity index (χ0) is 22.2. The first-order chi connectivity index (χ1) is 15.5. The minimum Gasteiger partial charge on any atom is -0.507 e. The molecule has 0 aliphatic carbocycles. The van der Waals surface area contributed by atoms with Gasteiger partial charge in [0.1, 0.15) is 29.9 Å². The van der Waals surface area contributed by atoms with Gasteiger partial charge in [-0.2, -0.15) is 0 Å². The average molecular weight is 431 g/mol. The first kappa shape index (κ1) is 19.9. The number of aliphatic hydroxyl groups is 1. The van der Waals surface area contributed by atoms with E-state index in [9.17, 15) is 14.7 Å². The number of ether oxygens (including phenoxy) is 1. The molecule has 1 N–H and O–H groups in total. The molecule has 32 heavy (non-hydrogen) atoms. The number of carbonyl (C=O) groups excluding carboxylic acids is 2. The van der Waals surface area contributed by atoms with E-state index >= 15 is 0 Å². The van der Waals surface area contributed by atoms with Crippen molar-refractivity contribution in [1.82, 2.24) is 9.88 Å². The van der Waals surface area contributed by atoms with Gasteiger partial charge in [0.15, 0.2) is 0 Å². The third-order valence-electron chi connectivity index (χ3n) is 5.74. The highest BCUT2D eigenvalue weighted by atomic mass is 16.5. The second kappa shape index (κ2) is 7.88. The quantitative estimate of drug-likeness (QED) is 0.385. The molecule has 0 saturated carbocycles. The number of nitrogens with zero attached hydrogens (tertiary/aromatic N) is 3. The minimum absolute atomic E-state index is 0.000382. The third kappa shape index (κ3) is 3.30. The Kier molecular flexibility index (Phi) is 4.89. The fourth-order valence-electron chi connectivity index (χ4n) is 4.11. The Bertz CT molecular complexity index is 1200. The Balaban J connectivity index is 1.63. The van der Waals surface area contributed by atoms with Gasteiger partial charge in [-0.1, -0.05) is 6.07 Å². The molecule has 1 fully saturated rings. The Hall–Kier alpha value is -4.07. The molecule has 1 amide bonds. The first-order valence-electron chi connectivity index (χ1n) is 10.2. The van der Waals surface area contributed by atoms with E-state index in [0.717, 1.165) is 5.69 Å². The van der Waals surface area contributed by atoms with Crippen molar-refractivity contribution in [2.24, 2.45) is 0 Å². The molecule has 2 aromatic heterocycles. The van der Waals surface area contributed by atoms with Gasteiger partial charge in [-0.3, -0.25) is 14.6 Å². The average Bonchev–Trinajstić information content (AvgIpc) is 3.42. The monoisotopic (exact) mass is 431 g/mol. The van der Waals surface area contributed by atoms with Gasteiger partial charge in [0.05, 0.1) is 36.3 Å². The van der Waals surface area contributed by atoms with Crippen molar-refractivity contribution in [1.29, 1.82) is 0 Å². The number of Topliss-reactive ketones (excluding diaryl/α,β-unsaturated/α-hetero) is 1. The van der Waals surface area contributed by atoms with Crippen LogP contribution >= 0.6 is 0 Å². The second-order valence-electron chi connectivity index (χ2n) is 7.71. The predicted octanol–water partition coefficient (Wildman–Crippen LogP) is 3.13. The van der Waals surface area contributed by atoms with Crippen molar-refractivity contribution < 1.29 is 23.8 Å². The molecular formula is C24H21N3O5. The standard InChI is InChI=1S/C24H21N3O5/c1-26-10-12-32-19-8-7-15(13-18(19)26)22(28)20-21(17-6-2-3-9-25-17)27(24(30)23(20)29)14-16-5-4-11-31-16/h2-9,11,13,21,28H,10,12,14H2,1H3/b22-20-. The lowest BCUT2D eigenvalue weighted by molar-refractivity contribution is -0.140. The van der Waals surface area contributed by atoms with Crippen LogP contribution < -0.4 is 9.64 Å². The highest BCUT2D eigenvalue weighted by molar-refractivity contribution is 6.46. The van der Waals surface area contributed by atoms with Gasteiger partial charge >= 0.3 is 0 Å². The topological polar surface area (TPSA) is 96.1 Å². The Morgan fingerprint density at radius 2 is 2.06 bits per heavy atom. The number of aliphatic hydroxyl groups excluding tert-OH is 1. The number of carbonyl (C=O) groups is 2. The Morgan fingerprint density at radius 1 is 1.19 bits per heavy atom. The molecule has 2 aliphatic heterocycles. The zero-order valence-corrected chi connectivity index (χ0v) is 17.4. The number of furan rings is 1. The molecule has 0 bridgehead atoms. The lowest BCUT2D eigenvalue weighted by atomic mass is 9.97. The third-order valence-corrected chi connectivity index (χ3v) is 5.74. The highest BCUT2D eigenvalue weighted by Gasteiger charge is 2.47. The van der Waals surface area contributed by atoms with Gasteiger partial charge in [-0.15, -0.1) is 0 Å². The number of likely N-dealkylation sites (tertiary alicyclic amines) is 1. The van der Waals surface area contributed by atoms with Gasteiger partial charge in [0, 0.05) is 18.8 Å². The molecule has 1 saturated heterocycles. The number of pyridine rings is 1. The zero-order valence-electron chi connectivity index (χ0n) is 17.4. The number of hydrogen-bond donors (Lipinski definition) is 1. The SMILES string of the molecule is CN1CCOc2ccc(/C(O)=C3/C(=O)C(=O)N(Cc4ccco4)C3c3ccccn3)cc21. The number of hydrogen-bond acceptors (Lipinski definition) is 7. The van der Waals surface area contributed by atoms with Crippen LogP contribution in [-0.4, -0.2) is 46.9 Å². The van der Waals surface area contributed by atoms with Crippen LogP contribution in [0, 0.1) is 0 Å². The van der Waals surface area contributed by atoms with E-state index in [1.54, 1.807) is 54.7 Å². The van der Waals surface area contributed by atoms with Crippen molar-refractivity contribution >= 4 is 23.1 Å². The van der Waals surface area contributed by atoms with Crippen LogP contribution in [0.1, 0.15) is 23.1 Å². The first-order valence-corrected chi connectivity index (χ1v) is 10.2. The van der Waals surface area contributed by atoms with Crippen molar-refractivity contribution in [3.63, 3.8) is 0 Å². The molecule has 0 spiro atoms. The predicted molar refractivity (Wildman–Crippen MR) is 116 cm³/mol. The van der Waals surface area contributed by atoms with Crippen LogP contribution in [0.4, 0.5) is 5.69 Å². The van der Waals surface area contributed by atoms with Crippen molar-refractivity contribution in [3.05, 3.63) is 83.6 Å². The molecule has 1 unspecified atom stereocenters. The number of anilines is 1. The summed E-state index contributed by atoms with van der Waals surface area (Å²) in [5, 5.41) is 11.2. The number of fused-ring (bicyclic) bond motifs is 1. The minimum atomic E-state index is -0.841. The molecule has 3 aromatic rings. The summed E-state index contributed by atoms with van der Waals surface area (Å²) in [5.41, 5.74) is 1.72. The molecule has 2 aliphatic rings. The maximum Gasteiger partial charge on any atom is 0.296 e. The number of likely N-dealkylation sites (N-methyl/N-ethyl adjacent to an activating group) is 1. The van der Waals surface area contributed by atoms with E-state index in [0.29, 0.717) is 35.9 Å². The number of amides is 1. The summed E-state index contributed by atoms with van der Waals surface area (Å²) in [6.45, 7) is 1.36. The Morgan fingerprint density at radius 3 is 2.81 bits per heavy atom. The van der Waals surface area contributed by atoms with Crippen molar-refractivity contribution in [2.75, 3.05) is 25.1 Å². The van der Waals surface area contributed by atoms with Crippen LogP contribution in [0.3, 0.4) is 0 Å². The van der Waals surface area contributed by atoms with Gasteiger partial charge < -0.3 is 24.1 Å². The van der Waals surface area contributed by atoms with E-state index < -0.39 is 17.7 Å². The lowest BCUT2D eigenvalue weighted by Crippen LogP contribution is -2.29. The number of rotatable bonds is 4. The van der Waals surface area contributed by atoms with Crippen LogP contribution in [-0.2, 0) is 16.1 Å². The summed E-state index contributed by atoms with van der Waals surface area (Å²) < 4.78 is 11.1. The van der Waals surface area contributed by atoms with E-state index in [4.69, 9.17) is 9.15 Å². The van der Waals surface area contributed by atoms with E-state index in [1.807, 2.05) is 11.9 Å². The fourth-order valence-corrected chi connectivity index (χ4v) is 4.11. The molecule has 8 heteroatoms. The maximum absolute atomic E-state index is 13.1. The summed E-state index contributed by atoms with van der Waals surface area (Å²) >= 11 is 0. The highest BCUT2D eigenvalue weighted by Crippen LogP contribution is 2.41. The number of benzene rings is 1. The van der Waals surface area contributed by atoms with Crippen LogP contribution in [0.5, 0.6) is 5.75 Å². The molecule has 8 nitrogen and oxygen atoms in total. The summed E-state index contributed by atoms with van der Waals surface area (Å²) in [6.07, 6.45) is 3.10. The summed E-state index contributed by atoms with van der Waals surface area (Å²) in [7, 11) is 1.93. The van der Waals surface area contributed by atoms with Crippen LogP contribution in [0.2, 0.25) is 0 Å². The molecule has 1 atom stereocenters. The number of ketones is 1. The molecular weight excluding hydrogens is 410 g/mol. The summed E-state index contributed by atoms with van der Waals surface area (Å²) in [6, 6.07) is 13.1. The summed E-state index contributed by atoms with van der Waals surface area (Å²) in [5.74, 6) is -0.484. The van der Waals surface area contributed by atoms with Crippen molar-refractivity contribution in [2.45, 2.75) is 12.6 Å². The molecule has 4 heterocycles.